The molecule has 0 N–H and O–H groups in total. The van der Waals surface area contributed by atoms with Gasteiger partial charge < -0.3 is 0 Å². The quantitative estimate of drug-likeness (QED) is 0.735. The lowest BCUT2D eigenvalue weighted by Gasteiger charge is -2.14. The minimum absolute atomic E-state index is 0.0266. The van der Waals surface area contributed by atoms with Crippen LogP contribution in [0, 0.1) is 5.82 Å². The van der Waals surface area contributed by atoms with Crippen LogP contribution in [0.15, 0.2) is 36.0 Å². The van der Waals surface area contributed by atoms with Crippen LogP contribution in [0.1, 0.15) is 28.0 Å². The summed E-state index contributed by atoms with van der Waals surface area (Å²) in [7, 11) is 1.85. The van der Waals surface area contributed by atoms with E-state index in [1.54, 1.807) is 23.0 Å². The topological polar surface area (TPSA) is 34.9 Å². The Balaban J connectivity index is 1.95. The third-order valence-corrected chi connectivity index (χ3v) is 3.44. The van der Waals surface area contributed by atoms with Gasteiger partial charge in [-0.15, -0.1) is 0 Å². The third kappa shape index (κ3) is 2.10. The first-order valence-electron chi connectivity index (χ1n) is 6.17. The highest BCUT2D eigenvalue weighted by atomic mass is 19.1. The maximum Gasteiger partial charge on any atom is 0.192 e. The first kappa shape index (κ1) is 11.8. The number of ketones is 1. The number of rotatable bonds is 1. The maximum atomic E-state index is 12.8. The van der Waals surface area contributed by atoms with Crippen LogP contribution < -0.4 is 0 Å². The smallest absolute Gasteiger partial charge is 0.192 e. The van der Waals surface area contributed by atoms with Crippen molar-refractivity contribution in [2.45, 2.75) is 12.8 Å². The molecule has 1 aliphatic rings. The molecule has 0 amide bonds. The van der Waals surface area contributed by atoms with Gasteiger partial charge in [0.05, 0.1) is 11.8 Å². The van der Waals surface area contributed by atoms with Gasteiger partial charge >= 0.3 is 0 Å². The average molecular weight is 256 g/mol. The third-order valence-electron chi connectivity index (χ3n) is 3.44. The van der Waals surface area contributed by atoms with Crippen LogP contribution in [0.25, 0.3) is 6.08 Å². The first-order chi connectivity index (χ1) is 9.15. The highest BCUT2D eigenvalue weighted by Gasteiger charge is 2.24. The van der Waals surface area contributed by atoms with Gasteiger partial charge in [-0.3, -0.25) is 9.48 Å². The van der Waals surface area contributed by atoms with Crippen molar-refractivity contribution >= 4 is 11.9 Å². The number of aromatic nitrogens is 2. The van der Waals surface area contributed by atoms with E-state index >= 15 is 0 Å². The number of carbonyl (C=O) groups excluding carboxylic acids is 1. The van der Waals surface area contributed by atoms with Gasteiger partial charge in [-0.2, -0.15) is 5.10 Å². The van der Waals surface area contributed by atoms with E-state index in [1.165, 1.54) is 12.1 Å². The molecule has 19 heavy (non-hydrogen) atoms. The molecular formula is C15H13FN2O. The van der Waals surface area contributed by atoms with Gasteiger partial charge in [0.1, 0.15) is 5.82 Å². The van der Waals surface area contributed by atoms with E-state index in [1.807, 2.05) is 13.1 Å². The fourth-order valence-electron chi connectivity index (χ4n) is 2.39. The molecule has 1 aliphatic carbocycles. The lowest BCUT2D eigenvalue weighted by molar-refractivity contribution is 0.102. The van der Waals surface area contributed by atoms with Crippen LogP contribution in [0.4, 0.5) is 4.39 Å². The summed E-state index contributed by atoms with van der Waals surface area (Å²) in [5.74, 6) is -0.245. The number of aryl methyl sites for hydroxylation is 1. The van der Waals surface area contributed by atoms with Crippen LogP contribution in [0.2, 0.25) is 0 Å². The monoisotopic (exact) mass is 256 g/mol. The SMILES string of the molecule is Cn1ncc2c1CCC(=Cc1ccc(F)cc1)C2=O. The van der Waals surface area contributed by atoms with E-state index in [2.05, 4.69) is 5.10 Å². The normalized spacial score (nSPS) is 16.7. The van der Waals surface area contributed by atoms with Gasteiger partial charge in [-0.25, -0.2) is 4.39 Å². The van der Waals surface area contributed by atoms with Crippen LogP contribution in [-0.2, 0) is 13.5 Å². The Bertz CT molecular complexity index is 668. The summed E-state index contributed by atoms with van der Waals surface area (Å²) >= 11 is 0. The Morgan fingerprint density at radius 2 is 2.00 bits per heavy atom. The number of allylic oxidation sites excluding steroid dienone is 1. The molecule has 0 saturated carbocycles. The van der Waals surface area contributed by atoms with Crippen molar-refractivity contribution in [3.8, 4) is 0 Å². The molecule has 96 valence electrons. The van der Waals surface area contributed by atoms with Gasteiger partial charge in [0.2, 0.25) is 0 Å². The molecule has 0 bridgehead atoms. The first-order valence-corrected chi connectivity index (χ1v) is 6.17. The van der Waals surface area contributed by atoms with E-state index in [-0.39, 0.29) is 11.6 Å². The van der Waals surface area contributed by atoms with E-state index in [9.17, 15) is 9.18 Å². The lowest BCUT2D eigenvalue weighted by Crippen LogP contribution is -2.14. The number of benzene rings is 1. The number of carbonyl (C=O) groups is 1. The molecule has 0 radical (unpaired) electrons. The van der Waals surface area contributed by atoms with Crippen LogP contribution in [-0.4, -0.2) is 15.6 Å². The Morgan fingerprint density at radius 3 is 2.74 bits per heavy atom. The van der Waals surface area contributed by atoms with Gasteiger partial charge in [0.25, 0.3) is 0 Å². The van der Waals surface area contributed by atoms with Crippen molar-refractivity contribution in [3.05, 3.63) is 58.7 Å². The molecule has 0 aliphatic heterocycles. The average Bonchev–Trinajstić information content (AvgIpc) is 2.78. The van der Waals surface area contributed by atoms with E-state index in [4.69, 9.17) is 0 Å². The molecule has 0 atom stereocenters. The van der Waals surface area contributed by atoms with Crippen LogP contribution in [0.5, 0.6) is 0 Å². The Morgan fingerprint density at radius 1 is 1.26 bits per heavy atom. The second-order valence-corrected chi connectivity index (χ2v) is 4.68. The highest BCUT2D eigenvalue weighted by molar-refractivity contribution is 6.12. The van der Waals surface area contributed by atoms with Crippen LogP contribution >= 0.6 is 0 Å². The van der Waals surface area contributed by atoms with Crippen molar-refractivity contribution in [2.75, 3.05) is 0 Å². The summed E-state index contributed by atoms with van der Waals surface area (Å²) in [6.45, 7) is 0. The predicted molar refractivity (Wildman–Crippen MR) is 70.2 cm³/mol. The molecule has 2 aromatic rings. The van der Waals surface area contributed by atoms with Gasteiger partial charge in [0.15, 0.2) is 5.78 Å². The van der Waals surface area contributed by atoms with Crippen molar-refractivity contribution in [3.63, 3.8) is 0 Å². The van der Waals surface area contributed by atoms with Crippen molar-refractivity contribution < 1.29 is 9.18 Å². The largest absolute Gasteiger partial charge is 0.289 e. The maximum absolute atomic E-state index is 12.8. The summed E-state index contributed by atoms with van der Waals surface area (Å²) in [4.78, 5) is 12.3. The number of hydrogen-bond donors (Lipinski definition) is 0. The Hall–Kier alpha value is -2.23. The summed E-state index contributed by atoms with van der Waals surface area (Å²) in [5.41, 5.74) is 3.27. The molecule has 0 unspecified atom stereocenters. The minimum Gasteiger partial charge on any atom is -0.289 e. The number of hydrogen-bond acceptors (Lipinski definition) is 2. The molecule has 0 saturated heterocycles. The zero-order valence-corrected chi connectivity index (χ0v) is 10.6. The standard InChI is InChI=1S/C15H13FN2O/c1-18-14-7-4-11(15(19)13(14)9-17-18)8-10-2-5-12(16)6-3-10/h2-3,5-6,8-9H,4,7H2,1H3. The molecule has 0 spiro atoms. The molecule has 1 aromatic heterocycles. The van der Waals surface area contributed by atoms with E-state index in [0.717, 1.165) is 23.3 Å². The highest BCUT2D eigenvalue weighted by Crippen LogP contribution is 2.26. The fourth-order valence-corrected chi connectivity index (χ4v) is 2.39. The van der Waals surface area contributed by atoms with E-state index < -0.39 is 0 Å². The van der Waals surface area contributed by atoms with E-state index in [0.29, 0.717) is 12.0 Å². The van der Waals surface area contributed by atoms with Crippen molar-refractivity contribution in [1.29, 1.82) is 0 Å². The van der Waals surface area contributed by atoms with Crippen molar-refractivity contribution in [2.24, 2.45) is 7.05 Å². The summed E-state index contributed by atoms with van der Waals surface area (Å²) < 4.78 is 14.6. The zero-order valence-electron chi connectivity index (χ0n) is 10.6. The number of fused-ring (bicyclic) bond motifs is 1. The number of nitrogens with zero attached hydrogens (tertiary/aromatic N) is 2. The Kier molecular flexibility index (Phi) is 2.78. The molecule has 4 heteroatoms. The predicted octanol–water partition coefficient (Wildman–Crippen LogP) is 2.77. The second kappa shape index (κ2) is 4.46. The van der Waals surface area contributed by atoms with Gasteiger partial charge in [0, 0.05) is 18.3 Å². The van der Waals surface area contributed by atoms with Crippen LogP contribution in [0.3, 0.4) is 0 Å². The summed E-state index contributed by atoms with van der Waals surface area (Å²) in [6.07, 6.45) is 4.96. The molecule has 1 aromatic carbocycles. The number of halogens is 1. The molecular weight excluding hydrogens is 243 g/mol. The Labute approximate surface area is 110 Å². The summed E-state index contributed by atoms with van der Waals surface area (Å²) in [6, 6.07) is 6.15. The summed E-state index contributed by atoms with van der Waals surface area (Å²) in [5, 5.41) is 4.12. The molecule has 1 heterocycles. The second-order valence-electron chi connectivity index (χ2n) is 4.68. The fraction of sp³-hybridized carbons (Fsp3) is 0.200. The molecule has 0 fully saturated rings. The van der Waals surface area contributed by atoms with Gasteiger partial charge in [-0.05, 0) is 36.6 Å². The molecule has 3 nitrogen and oxygen atoms in total. The van der Waals surface area contributed by atoms with Crippen molar-refractivity contribution in [1.82, 2.24) is 9.78 Å². The minimum atomic E-state index is -0.272. The molecule has 3 rings (SSSR count). The number of Topliss-reactive ketones (excluding diaryl/α,β-unsaturated/α-hetero) is 1. The lowest BCUT2D eigenvalue weighted by atomic mass is 9.90. The zero-order chi connectivity index (χ0) is 13.4. The van der Waals surface area contributed by atoms with Gasteiger partial charge in [-0.1, -0.05) is 12.1 Å².